The van der Waals surface area contributed by atoms with Gasteiger partial charge in [0.05, 0.1) is 10.4 Å². The molecule has 1 saturated heterocycles. The molecule has 24 heavy (non-hydrogen) atoms. The number of hydrogen-bond acceptors (Lipinski definition) is 6. The summed E-state index contributed by atoms with van der Waals surface area (Å²) in [7, 11) is 0. The zero-order chi connectivity index (χ0) is 16.4. The quantitative estimate of drug-likeness (QED) is 0.729. The molecule has 0 unspecified atom stereocenters. The smallest absolute Gasteiger partial charge is 0.264 e. The van der Waals surface area contributed by atoms with Gasteiger partial charge in [-0.25, -0.2) is 9.97 Å². The van der Waals surface area contributed by atoms with Crippen LogP contribution in [-0.2, 0) is 4.79 Å². The number of carbonyl (C=O) groups excluding carboxylic acids is 1. The molecule has 7 heteroatoms. The third kappa shape index (κ3) is 3.02. The van der Waals surface area contributed by atoms with E-state index in [4.69, 9.17) is 0 Å². The largest absolute Gasteiger partial charge is 0.300 e. The Morgan fingerprint density at radius 1 is 1.04 bits per heavy atom. The minimum absolute atomic E-state index is 0.180. The van der Waals surface area contributed by atoms with Gasteiger partial charge in [-0.3, -0.25) is 9.78 Å². The molecule has 1 N–H and O–H groups in total. The number of fused-ring (bicyclic) bond motifs is 1. The van der Waals surface area contributed by atoms with Crippen LogP contribution in [0.5, 0.6) is 0 Å². The number of pyridine rings is 1. The summed E-state index contributed by atoms with van der Waals surface area (Å²) in [6, 6.07) is 11.5. The molecule has 2 aromatic heterocycles. The lowest BCUT2D eigenvalue weighted by atomic mass is 10.1. The van der Waals surface area contributed by atoms with Crippen LogP contribution in [0.3, 0.4) is 0 Å². The molecule has 1 aliphatic heterocycles. The third-order valence-corrected chi connectivity index (χ3v) is 4.24. The van der Waals surface area contributed by atoms with Crippen LogP contribution in [0.25, 0.3) is 17.0 Å². The number of nitrogens with zero attached hydrogens (tertiary/aromatic N) is 4. The van der Waals surface area contributed by atoms with E-state index in [2.05, 4.69) is 25.3 Å². The van der Waals surface area contributed by atoms with Crippen LogP contribution < -0.4 is 5.32 Å². The van der Waals surface area contributed by atoms with Gasteiger partial charge in [-0.15, -0.1) is 0 Å². The van der Waals surface area contributed by atoms with E-state index in [1.807, 2.05) is 36.4 Å². The van der Waals surface area contributed by atoms with Gasteiger partial charge in [-0.2, -0.15) is 4.99 Å². The van der Waals surface area contributed by atoms with Crippen LogP contribution in [0.1, 0.15) is 5.56 Å². The van der Waals surface area contributed by atoms with E-state index < -0.39 is 0 Å². The molecule has 116 valence electrons. The van der Waals surface area contributed by atoms with E-state index in [1.165, 1.54) is 11.8 Å². The summed E-state index contributed by atoms with van der Waals surface area (Å²) in [6.45, 7) is 0. The molecule has 6 nitrogen and oxygen atoms in total. The highest BCUT2D eigenvalue weighted by Gasteiger charge is 2.24. The first-order chi connectivity index (χ1) is 11.8. The Morgan fingerprint density at radius 2 is 1.88 bits per heavy atom. The fraction of sp³-hybridized carbons (Fsp3) is 0. The third-order valence-electron chi connectivity index (χ3n) is 3.33. The monoisotopic (exact) mass is 333 g/mol. The molecular formula is C17H11N5OS. The van der Waals surface area contributed by atoms with E-state index in [9.17, 15) is 4.79 Å². The van der Waals surface area contributed by atoms with Crippen LogP contribution in [0.15, 0.2) is 64.9 Å². The lowest BCUT2D eigenvalue weighted by molar-refractivity contribution is -0.115. The second-order valence-electron chi connectivity index (χ2n) is 4.99. The van der Waals surface area contributed by atoms with Gasteiger partial charge in [0.25, 0.3) is 11.9 Å². The number of carbonyl (C=O) groups is 1. The Hall–Kier alpha value is -3.06. The highest BCUT2D eigenvalue weighted by molar-refractivity contribution is 8.18. The van der Waals surface area contributed by atoms with Gasteiger partial charge in [0.2, 0.25) is 0 Å². The Balaban J connectivity index is 1.62. The van der Waals surface area contributed by atoms with Gasteiger partial charge in [-0.05, 0) is 47.7 Å². The van der Waals surface area contributed by atoms with Crippen molar-refractivity contribution in [3.05, 3.63) is 65.5 Å². The summed E-state index contributed by atoms with van der Waals surface area (Å²) in [5.74, 6) is 0.138. The summed E-state index contributed by atoms with van der Waals surface area (Å²) < 4.78 is 0. The molecule has 0 aliphatic carbocycles. The summed E-state index contributed by atoms with van der Waals surface area (Å²) in [5.41, 5.74) is 1.86. The fourth-order valence-electron chi connectivity index (χ4n) is 2.26. The lowest BCUT2D eigenvalue weighted by Gasteiger charge is -1.99. The second-order valence-corrected chi connectivity index (χ2v) is 6.02. The van der Waals surface area contributed by atoms with Crippen molar-refractivity contribution < 1.29 is 4.79 Å². The minimum atomic E-state index is -0.180. The van der Waals surface area contributed by atoms with Crippen molar-refractivity contribution in [1.29, 1.82) is 0 Å². The van der Waals surface area contributed by atoms with Crippen molar-refractivity contribution in [3.8, 4) is 0 Å². The molecule has 0 radical (unpaired) electrons. The Kier molecular flexibility index (Phi) is 3.76. The van der Waals surface area contributed by atoms with Crippen molar-refractivity contribution in [2.45, 2.75) is 0 Å². The summed E-state index contributed by atoms with van der Waals surface area (Å²) in [6.07, 6.45) is 6.80. The van der Waals surface area contributed by atoms with E-state index in [1.54, 1.807) is 24.7 Å². The highest BCUT2D eigenvalue weighted by atomic mass is 32.2. The van der Waals surface area contributed by atoms with Crippen molar-refractivity contribution in [2.24, 2.45) is 4.99 Å². The molecular weight excluding hydrogens is 322 g/mol. The number of aromatic nitrogens is 3. The number of hydrogen-bond donors (Lipinski definition) is 1. The van der Waals surface area contributed by atoms with Crippen LogP contribution in [0.2, 0.25) is 0 Å². The van der Waals surface area contributed by atoms with E-state index in [-0.39, 0.29) is 5.91 Å². The minimum Gasteiger partial charge on any atom is -0.300 e. The van der Waals surface area contributed by atoms with Crippen molar-refractivity contribution in [3.63, 3.8) is 0 Å². The number of aliphatic imine (C=N–C) groups is 1. The van der Waals surface area contributed by atoms with Gasteiger partial charge in [0.1, 0.15) is 0 Å². The van der Waals surface area contributed by atoms with Gasteiger partial charge in [-0.1, -0.05) is 12.1 Å². The molecule has 0 spiro atoms. The predicted octanol–water partition coefficient (Wildman–Crippen LogP) is 2.92. The standard InChI is InChI=1S/C17H11N5OS/c23-15-14(24-17(21-15)22-16-19-7-2-8-20-16)10-11-4-5-13-12(9-11)3-1-6-18-13/h1-10H,(H,19,20,21,22,23)/b14-10-. The molecule has 0 atom stereocenters. The van der Waals surface area contributed by atoms with Gasteiger partial charge >= 0.3 is 0 Å². The number of amidine groups is 1. The molecule has 3 heterocycles. The Labute approximate surface area is 141 Å². The second kappa shape index (κ2) is 6.21. The number of thioether (sulfide) groups is 1. The first-order valence-corrected chi connectivity index (χ1v) is 8.01. The number of rotatable bonds is 2. The molecule has 1 amide bonds. The van der Waals surface area contributed by atoms with E-state index in [0.717, 1.165) is 16.5 Å². The van der Waals surface area contributed by atoms with Crippen molar-refractivity contribution in [1.82, 2.24) is 20.3 Å². The topological polar surface area (TPSA) is 80.1 Å². The number of benzene rings is 1. The first kappa shape index (κ1) is 14.5. The fourth-order valence-corrected chi connectivity index (χ4v) is 3.07. The average Bonchev–Trinajstić information content (AvgIpc) is 2.95. The molecule has 1 aliphatic rings. The predicted molar refractivity (Wildman–Crippen MR) is 94.6 cm³/mol. The molecule has 3 aromatic rings. The summed E-state index contributed by atoms with van der Waals surface area (Å²) in [5, 5.41) is 4.22. The molecule has 0 bridgehead atoms. The van der Waals surface area contributed by atoms with Crippen molar-refractivity contribution in [2.75, 3.05) is 0 Å². The zero-order valence-corrected chi connectivity index (χ0v) is 13.2. The maximum absolute atomic E-state index is 12.1. The molecule has 1 fully saturated rings. The van der Waals surface area contributed by atoms with Gasteiger partial charge in [0, 0.05) is 24.0 Å². The average molecular weight is 333 g/mol. The normalized spacial score (nSPS) is 17.6. The van der Waals surface area contributed by atoms with Crippen LogP contribution >= 0.6 is 11.8 Å². The highest BCUT2D eigenvalue weighted by Crippen LogP contribution is 2.27. The molecule has 0 saturated carbocycles. The van der Waals surface area contributed by atoms with Gasteiger partial charge in [0.15, 0.2) is 5.17 Å². The van der Waals surface area contributed by atoms with Crippen LogP contribution in [-0.4, -0.2) is 26.0 Å². The Bertz CT molecular complexity index is 984. The number of nitrogens with one attached hydrogen (secondary N) is 1. The maximum Gasteiger partial charge on any atom is 0.264 e. The zero-order valence-electron chi connectivity index (χ0n) is 12.4. The SMILES string of the molecule is O=C1NC(=Nc2ncccn2)S/C1=C\c1ccc2ncccc2c1. The maximum atomic E-state index is 12.1. The summed E-state index contributed by atoms with van der Waals surface area (Å²) in [4.78, 5) is 29.2. The van der Waals surface area contributed by atoms with E-state index >= 15 is 0 Å². The number of amides is 1. The van der Waals surface area contributed by atoms with Crippen molar-refractivity contribution >= 4 is 45.8 Å². The van der Waals surface area contributed by atoms with Gasteiger partial charge < -0.3 is 5.32 Å². The molecule has 4 rings (SSSR count). The lowest BCUT2D eigenvalue weighted by Crippen LogP contribution is -2.19. The summed E-state index contributed by atoms with van der Waals surface area (Å²) >= 11 is 1.27. The van der Waals surface area contributed by atoms with Crippen LogP contribution in [0, 0.1) is 0 Å². The first-order valence-electron chi connectivity index (χ1n) is 7.19. The van der Waals surface area contributed by atoms with E-state index in [0.29, 0.717) is 16.0 Å². The van der Waals surface area contributed by atoms with Crippen LogP contribution in [0.4, 0.5) is 5.95 Å². The molecule has 1 aromatic carbocycles. The Morgan fingerprint density at radius 3 is 2.75 bits per heavy atom.